The Morgan fingerprint density at radius 1 is 0.958 bits per heavy atom. The molecule has 0 heterocycles. The summed E-state index contributed by atoms with van der Waals surface area (Å²) in [5, 5.41) is 2.98. The smallest absolute Gasteiger partial charge is 0.251 e. The van der Waals surface area contributed by atoms with Crippen molar-refractivity contribution in [1.82, 2.24) is 10.2 Å². The molecule has 0 unspecified atom stereocenters. The van der Waals surface area contributed by atoms with Crippen molar-refractivity contribution < 1.29 is 9.59 Å². The predicted molar refractivity (Wildman–Crippen MR) is 95.4 cm³/mol. The molecule has 1 N–H and O–H groups in total. The van der Waals surface area contributed by atoms with E-state index in [1.807, 2.05) is 24.3 Å². The van der Waals surface area contributed by atoms with Crippen LogP contribution in [0.1, 0.15) is 40.1 Å². The summed E-state index contributed by atoms with van der Waals surface area (Å²) in [4.78, 5) is 27.4. The maximum atomic E-state index is 12.6. The molecule has 0 spiro atoms. The van der Waals surface area contributed by atoms with Crippen LogP contribution in [-0.4, -0.2) is 42.8 Å². The van der Waals surface area contributed by atoms with Crippen molar-refractivity contribution in [2.75, 3.05) is 26.2 Å². The highest BCUT2D eigenvalue weighted by Crippen LogP contribution is 2.38. The van der Waals surface area contributed by atoms with Crippen molar-refractivity contribution in [3.05, 3.63) is 59.2 Å². The Balaban J connectivity index is 1.84. The summed E-state index contributed by atoms with van der Waals surface area (Å²) in [6.07, 6.45) is 0. The second kappa shape index (κ2) is 6.97. The van der Waals surface area contributed by atoms with Crippen molar-refractivity contribution in [2.24, 2.45) is 0 Å². The summed E-state index contributed by atoms with van der Waals surface area (Å²) in [7, 11) is 0. The molecule has 3 rings (SSSR count). The summed E-state index contributed by atoms with van der Waals surface area (Å²) in [6, 6.07) is 12.8. The van der Waals surface area contributed by atoms with Crippen LogP contribution in [0.5, 0.6) is 0 Å². The summed E-state index contributed by atoms with van der Waals surface area (Å²) >= 11 is 0. The van der Waals surface area contributed by atoms with Crippen molar-refractivity contribution in [1.29, 1.82) is 0 Å². The van der Waals surface area contributed by atoms with E-state index in [-0.39, 0.29) is 11.7 Å². The van der Waals surface area contributed by atoms with Crippen LogP contribution in [0.3, 0.4) is 0 Å². The number of carbonyl (C=O) groups is 2. The molecule has 4 nitrogen and oxygen atoms in total. The van der Waals surface area contributed by atoms with E-state index in [0.29, 0.717) is 23.2 Å². The molecular weight excluding hydrogens is 300 g/mol. The molecule has 2 aromatic rings. The van der Waals surface area contributed by atoms with Gasteiger partial charge in [-0.05, 0) is 24.7 Å². The molecule has 0 saturated heterocycles. The lowest BCUT2D eigenvalue weighted by atomic mass is 9.99. The highest BCUT2D eigenvalue weighted by molar-refractivity contribution is 6.24. The van der Waals surface area contributed by atoms with Crippen molar-refractivity contribution in [2.45, 2.75) is 13.8 Å². The van der Waals surface area contributed by atoms with E-state index < -0.39 is 0 Å². The van der Waals surface area contributed by atoms with Gasteiger partial charge in [-0.1, -0.05) is 50.2 Å². The fourth-order valence-corrected chi connectivity index (χ4v) is 3.23. The number of carbonyl (C=O) groups excluding carboxylic acids is 2. The van der Waals surface area contributed by atoms with E-state index >= 15 is 0 Å². The molecule has 124 valence electrons. The Kier molecular flexibility index (Phi) is 4.76. The molecule has 2 aromatic carbocycles. The summed E-state index contributed by atoms with van der Waals surface area (Å²) in [5.41, 5.74) is 3.49. The highest BCUT2D eigenvalue weighted by atomic mass is 16.1. The third-order valence-corrected chi connectivity index (χ3v) is 4.60. The number of nitrogens with zero attached hydrogens (tertiary/aromatic N) is 1. The average molecular weight is 322 g/mol. The Labute approximate surface area is 142 Å². The largest absolute Gasteiger partial charge is 0.351 e. The topological polar surface area (TPSA) is 49.4 Å². The van der Waals surface area contributed by atoms with Crippen LogP contribution in [0.4, 0.5) is 0 Å². The first kappa shape index (κ1) is 16.4. The van der Waals surface area contributed by atoms with Gasteiger partial charge in [-0.3, -0.25) is 9.59 Å². The van der Waals surface area contributed by atoms with Gasteiger partial charge >= 0.3 is 0 Å². The Bertz CT molecular complexity index is 779. The van der Waals surface area contributed by atoms with Gasteiger partial charge in [0.15, 0.2) is 5.78 Å². The SMILES string of the molecule is CCN(CC)CCNC(=O)c1cccc2c1-c1ccccc1C2=O. The zero-order chi connectivity index (χ0) is 17.1. The van der Waals surface area contributed by atoms with Gasteiger partial charge in [0.2, 0.25) is 0 Å². The lowest BCUT2D eigenvalue weighted by molar-refractivity contribution is 0.0949. The first-order chi connectivity index (χ1) is 11.7. The number of fused-ring (bicyclic) bond motifs is 3. The van der Waals surface area contributed by atoms with Crippen LogP contribution in [0.15, 0.2) is 42.5 Å². The van der Waals surface area contributed by atoms with Gasteiger partial charge in [0.05, 0.1) is 0 Å². The molecule has 0 atom stereocenters. The van der Waals surface area contributed by atoms with E-state index in [0.717, 1.165) is 30.8 Å². The van der Waals surface area contributed by atoms with Gasteiger partial charge < -0.3 is 10.2 Å². The van der Waals surface area contributed by atoms with Crippen molar-refractivity contribution >= 4 is 11.7 Å². The highest BCUT2D eigenvalue weighted by Gasteiger charge is 2.29. The van der Waals surface area contributed by atoms with E-state index in [4.69, 9.17) is 0 Å². The van der Waals surface area contributed by atoms with Crippen LogP contribution >= 0.6 is 0 Å². The van der Waals surface area contributed by atoms with Crippen LogP contribution in [0.25, 0.3) is 11.1 Å². The molecule has 4 heteroatoms. The second-order valence-electron chi connectivity index (χ2n) is 5.89. The predicted octanol–water partition coefficient (Wildman–Crippen LogP) is 2.97. The van der Waals surface area contributed by atoms with Crippen molar-refractivity contribution in [3.63, 3.8) is 0 Å². The van der Waals surface area contributed by atoms with Crippen LogP contribution < -0.4 is 5.32 Å². The lowest BCUT2D eigenvalue weighted by Crippen LogP contribution is -2.35. The first-order valence-electron chi connectivity index (χ1n) is 8.45. The van der Waals surface area contributed by atoms with Crippen molar-refractivity contribution in [3.8, 4) is 11.1 Å². The Morgan fingerprint density at radius 2 is 1.62 bits per heavy atom. The molecule has 1 amide bonds. The first-order valence-corrected chi connectivity index (χ1v) is 8.45. The molecule has 0 bridgehead atoms. The zero-order valence-electron chi connectivity index (χ0n) is 14.1. The second-order valence-corrected chi connectivity index (χ2v) is 5.89. The minimum atomic E-state index is -0.122. The molecule has 0 saturated carbocycles. The number of nitrogens with one attached hydrogen (secondary N) is 1. The number of benzene rings is 2. The van der Waals surface area contributed by atoms with E-state index in [2.05, 4.69) is 24.1 Å². The number of likely N-dealkylation sites (N-methyl/N-ethyl adjacent to an activating group) is 1. The Morgan fingerprint density at radius 3 is 2.33 bits per heavy atom. The maximum Gasteiger partial charge on any atom is 0.251 e. The lowest BCUT2D eigenvalue weighted by Gasteiger charge is -2.18. The van der Waals surface area contributed by atoms with E-state index in [1.165, 1.54) is 0 Å². The number of hydrogen-bond acceptors (Lipinski definition) is 3. The van der Waals surface area contributed by atoms with Gasteiger partial charge in [-0.2, -0.15) is 0 Å². The quantitative estimate of drug-likeness (QED) is 0.759. The van der Waals surface area contributed by atoms with Gasteiger partial charge in [-0.15, -0.1) is 0 Å². The Hall–Kier alpha value is -2.46. The normalized spacial score (nSPS) is 12.2. The summed E-state index contributed by atoms with van der Waals surface area (Å²) < 4.78 is 0. The zero-order valence-corrected chi connectivity index (χ0v) is 14.1. The summed E-state index contributed by atoms with van der Waals surface area (Å²) in [6.45, 7) is 7.57. The molecule has 1 aliphatic carbocycles. The van der Waals surface area contributed by atoms with Crippen LogP contribution in [0.2, 0.25) is 0 Å². The molecule has 1 aliphatic rings. The van der Waals surface area contributed by atoms with E-state index in [1.54, 1.807) is 18.2 Å². The molecular formula is C20H22N2O2. The fourth-order valence-electron chi connectivity index (χ4n) is 3.23. The average Bonchev–Trinajstić information content (AvgIpc) is 2.92. The van der Waals surface area contributed by atoms with E-state index in [9.17, 15) is 9.59 Å². The standard InChI is InChI=1S/C20H22N2O2/c1-3-22(4-2)13-12-21-20(24)17-11-7-10-16-18(17)14-8-5-6-9-15(14)19(16)23/h5-11H,3-4,12-13H2,1-2H3,(H,21,24). The molecule has 0 radical (unpaired) electrons. The van der Waals surface area contributed by atoms with Crippen LogP contribution in [0, 0.1) is 0 Å². The summed E-state index contributed by atoms with van der Waals surface area (Å²) in [5.74, 6) is -0.123. The van der Waals surface area contributed by atoms with Crippen LogP contribution in [-0.2, 0) is 0 Å². The molecule has 0 aromatic heterocycles. The van der Waals surface area contributed by atoms with Gasteiger partial charge in [-0.25, -0.2) is 0 Å². The number of amides is 1. The number of ketones is 1. The molecule has 0 aliphatic heterocycles. The molecule has 24 heavy (non-hydrogen) atoms. The third kappa shape index (κ3) is 2.85. The molecule has 0 fully saturated rings. The van der Waals surface area contributed by atoms with Gasteiger partial charge in [0.25, 0.3) is 5.91 Å². The van der Waals surface area contributed by atoms with Gasteiger partial charge in [0.1, 0.15) is 0 Å². The third-order valence-electron chi connectivity index (χ3n) is 4.60. The number of rotatable bonds is 6. The monoisotopic (exact) mass is 322 g/mol. The minimum absolute atomic E-state index is 0.00149. The van der Waals surface area contributed by atoms with Gasteiger partial charge in [0, 0.05) is 35.3 Å². The maximum absolute atomic E-state index is 12.6. The minimum Gasteiger partial charge on any atom is -0.351 e. The number of hydrogen-bond donors (Lipinski definition) is 1. The fraction of sp³-hybridized carbons (Fsp3) is 0.300.